The van der Waals surface area contributed by atoms with Crippen LogP contribution in [0.2, 0.25) is 0 Å². The Morgan fingerprint density at radius 1 is 0.789 bits per heavy atom. The third-order valence-electron chi connectivity index (χ3n) is 3.18. The Kier molecular flexibility index (Phi) is 3.69. The van der Waals surface area contributed by atoms with E-state index in [-0.39, 0.29) is 0 Å². The summed E-state index contributed by atoms with van der Waals surface area (Å²) < 4.78 is 3.57. The van der Waals surface area contributed by atoms with Crippen molar-refractivity contribution < 1.29 is 0 Å². The normalized spacial score (nSPS) is 10.6. The molecule has 0 amide bonds. The van der Waals surface area contributed by atoms with E-state index in [9.17, 15) is 0 Å². The first-order chi connectivity index (χ1) is 9.34. The number of aromatic nitrogens is 1. The van der Waals surface area contributed by atoms with Gasteiger partial charge in [0.15, 0.2) is 0 Å². The molecule has 3 aromatic rings. The van der Waals surface area contributed by atoms with Crippen molar-refractivity contribution in [3.05, 3.63) is 82.2 Å². The Morgan fingerprint density at radius 3 is 2.11 bits per heavy atom. The summed E-state index contributed by atoms with van der Waals surface area (Å²) in [5, 5.41) is 0. The fraction of sp³-hybridized carbons (Fsp3) is 0.0588. The van der Waals surface area contributed by atoms with Gasteiger partial charge in [0.2, 0.25) is 0 Å². The fourth-order valence-corrected chi connectivity index (χ4v) is 3.01. The first-order valence-electron chi connectivity index (χ1n) is 6.28. The standard InChI is InChI=1S/C17H14IN/c18-17-16(15-9-5-2-6-10-15)11-12-19(17)13-14-7-3-1-4-8-14/h1-12H,13H2. The van der Waals surface area contributed by atoms with E-state index < -0.39 is 0 Å². The number of benzene rings is 2. The minimum atomic E-state index is 0.923. The van der Waals surface area contributed by atoms with Crippen LogP contribution in [0.3, 0.4) is 0 Å². The van der Waals surface area contributed by atoms with Gasteiger partial charge in [0.1, 0.15) is 0 Å². The summed E-state index contributed by atoms with van der Waals surface area (Å²) in [5.41, 5.74) is 3.91. The van der Waals surface area contributed by atoms with Crippen molar-refractivity contribution in [2.24, 2.45) is 0 Å². The molecule has 0 aliphatic carbocycles. The lowest BCUT2D eigenvalue weighted by molar-refractivity contribution is 0.786. The summed E-state index contributed by atoms with van der Waals surface area (Å²) in [5.74, 6) is 0. The molecule has 0 N–H and O–H groups in total. The van der Waals surface area contributed by atoms with Crippen molar-refractivity contribution in [1.29, 1.82) is 0 Å². The summed E-state index contributed by atoms with van der Waals surface area (Å²) in [6, 6.07) is 23.3. The molecule has 0 aliphatic heterocycles. The zero-order valence-electron chi connectivity index (χ0n) is 10.5. The van der Waals surface area contributed by atoms with Crippen LogP contribution in [0.1, 0.15) is 5.56 Å². The Morgan fingerprint density at radius 2 is 1.42 bits per heavy atom. The van der Waals surface area contributed by atoms with Crippen LogP contribution < -0.4 is 0 Å². The summed E-state index contributed by atoms with van der Waals surface area (Å²) >= 11 is 2.43. The van der Waals surface area contributed by atoms with Gasteiger partial charge in [0.25, 0.3) is 0 Å². The van der Waals surface area contributed by atoms with Crippen LogP contribution in [0.5, 0.6) is 0 Å². The molecule has 0 unspecified atom stereocenters. The third kappa shape index (κ3) is 2.73. The van der Waals surface area contributed by atoms with Crippen molar-refractivity contribution in [3.8, 4) is 11.1 Å². The fourth-order valence-electron chi connectivity index (χ4n) is 2.19. The van der Waals surface area contributed by atoms with Gasteiger partial charge in [0, 0.05) is 18.3 Å². The molecule has 0 aliphatic rings. The van der Waals surface area contributed by atoms with E-state index in [0.29, 0.717) is 0 Å². The van der Waals surface area contributed by atoms with Crippen LogP contribution in [0.15, 0.2) is 72.9 Å². The molecular weight excluding hydrogens is 345 g/mol. The molecule has 1 heterocycles. The lowest BCUT2D eigenvalue weighted by atomic mass is 10.1. The molecular formula is C17H14IN. The molecule has 0 radical (unpaired) electrons. The van der Waals surface area contributed by atoms with E-state index in [4.69, 9.17) is 0 Å². The van der Waals surface area contributed by atoms with Crippen molar-refractivity contribution in [1.82, 2.24) is 4.57 Å². The number of hydrogen-bond acceptors (Lipinski definition) is 0. The summed E-state index contributed by atoms with van der Waals surface area (Å²) in [6.07, 6.45) is 2.16. The van der Waals surface area contributed by atoms with Crippen molar-refractivity contribution in [2.75, 3.05) is 0 Å². The molecule has 0 saturated carbocycles. The molecule has 2 aromatic carbocycles. The largest absolute Gasteiger partial charge is 0.338 e. The highest BCUT2D eigenvalue weighted by molar-refractivity contribution is 14.1. The zero-order valence-corrected chi connectivity index (χ0v) is 12.6. The minimum Gasteiger partial charge on any atom is -0.338 e. The molecule has 1 aromatic heterocycles. The highest BCUT2D eigenvalue weighted by Gasteiger charge is 2.08. The maximum atomic E-state index is 2.43. The Labute approximate surface area is 127 Å². The van der Waals surface area contributed by atoms with Gasteiger partial charge in [-0.05, 0) is 39.8 Å². The lowest BCUT2D eigenvalue weighted by Crippen LogP contribution is -2.00. The maximum absolute atomic E-state index is 2.43. The Bertz CT molecular complexity index is 656. The van der Waals surface area contributed by atoms with Crippen LogP contribution >= 0.6 is 22.6 Å². The predicted molar refractivity (Wildman–Crippen MR) is 88.1 cm³/mol. The van der Waals surface area contributed by atoms with Gasteiger partial charge in [-0.1, -0.05) is 60.7 Å². The number of rotatable bonds is 3. The van der Waals surface area contributed by atoms with Gasteiger partial charge in [-0.3, -0.25) is 0 Å². The summed E-state index contributed by atoms with van der Waals surface area (Å²) in [6.45, 7) is 0.923. The van der Waals surface area contributed by atoms with Crippen LogP contribution in [0, 0.1) is 3.70 Å². The molecule has 19 heavy (non-hydrogen) atoms. The van der Waals surface area contributed by atoms with Crippen LogP contribution in [0.25, 0.3) is 11.1 Å². The molecule has 3 rings (SSSR count). The average molecular weight is 359 g/mol. The average Bonchev–Trinajstić information content (AvgIpc) is 2.82. The second-order valence-corrected chi connectivity index (χ2v) is 5.52. The molecule has 0 fully saturated rings. The molecule has 94 valence electrons. The monoisotopic (exact) mass is 359 g/mol. The third-order valence-corrected chi connectivity index (χ3v) is 4.38. The van der Waals surface area contributed by atoms with Gasteiger partial charge < -0.3 is 4.57 Å². The summed E-state index contributed by atoms with van der Waals surface area (Å²) in [7, 11) is 0. The number of halogens is 1. The Hall–Kier alpha value is -1.55. The smallest absolute Gasteiger partial charge is 0.0880 e. The van der Waals surface area contributed by atoms with Crippen LogP contribution in [-0.2, 0) is 6.54 Å². The molecule has 0 atom stereocenters. The van der Waals surface area contributed by atoms with Crippen LogP contribution in [0.4, 0.5) is 0 Å². The van der Waals surface area contributed by atoms with Gasteiger partial charge in [-0.25, -0.2) is 0 Å². The van der Waals surface area contributed by atoms with E-state index in [1.54, 1.807) is 0 Å². The number of hydrogen-bond donors (Lipinski definition) is 0. The second kappa shape index (κ2) is 5.61. The first kappa shape index (κ1) is 12.5. The highest BCUT2D eigenvalue weighted by Crippen LogP contribution is 2.26. The van der Waals surface area contributed by atoms with Crippen LogP contribution in [-0.4, -0.2) is 4.57 Å². The maximum Gasteiger partial charge on any atom is 0.0880 e. The van der Waals surface area contributed by atoms with E-state index in [1.807, 2.05) is 0 Å². The highest BCUT2D eigenvalue weighted by atomic mass is 127. The molecule has 2 heteroatoms. The van der Waals surface area contributed by atoms with E-state index in [0.717, 1.165) is 6.54 Å². The SMILES string of the molecule is Ic1c(-c2ccccc2)ccn1Cc1ccccc1. The van der Waals surface area contributed by atoms with Crippen molar-refractivity contribution in [3.63, 3.8) is 0 Å². The minimum absolute atomic E-state index is 0.923. The van der Waals surface area contributed by atoms with E-state index in [2.05, 4.69) is 100 Å². The van der Waals surface area contributed by atoms with Crippen molar-refractivity contribution >= 4 is 22.6 Å². The number of nitrogens with zero attached hydrogens (tertiary/aromatic N) is 1. The lowest BCUT2D eigenvalue weighted by Gasteiger charge is -2.06. The predicted octanol–water partition coefficient (Wildman–Crippen LogP) is 4.81. The van der Waals surface area contributed by atoms with Gasteiger partial charge >= 0.3 is 0 Å². The first-order valence-corrected chi connectivity index (χ1v) is 7.36. The molecule has 0 saturated heterocycles. The van der Waals surface area contributed by atoms with E-state index in [1.165, 1.54) is 20.4 Å². The molecule has 0 bridgehead atoms. The molecule has 0 spiro atoms. The Balaban J connectivity index is 1.92. The second-order valence-electron chi connectivity index (χ2n) is 4.50. The zero-order chi connectivity index (χ0) is 13.1. The molecule has 1 nitrogen and oxygen atoms in total. The topological polar surface area (TPSA) is 4.93 Å². The van der Waals surface area contributed by atoms with Gasteiger partial charge in [-0.15, -0.1) is 0 Å². The quantitative estimate of drug-likeness (QED) is 0.592. The van der Waals surface area contributed by atoms with Crippen molar-refractivity contribution in [2.45, 2.75) is 6.54 Å². The van der Waals surface area contributed by atoms with E-state index >= 15 is 0 Å². The van der Waals surface area contributed by atoms with Gasteiger partial charge in [0.05, 0.1) is 3.70 Å². The van der Waals surface area contributed by atoms with Gasteiger partial charge in [-0.2, -0.15) is 0 Å². The summed E-state index contributed by atoms with van der Waals surface area (Å²) in [4.78, 5) is 0.